The second-order valence-corrected chi connectivity index (χ2v) is 6.79. The van der Waals surface area contributed by atoms with E-state index in [9.17, 15) is 9.59 Å². The highest BCUT2D eigenvalue weighted by atomic mass is 35.5. The Bertz CT molecular complexity index is 825. The molecule has 0 radical (unpaired) electrons. The molecule has 0 aromatic heterocycles. The minimum Gasteiger partial charge on any atom is -0.367 e. The van der Waals surface area contributed by atoms with Crippen LogP contribution in [0, 0.1) is 0 Å². The standard InChI is InChI=1S/C17H12Cl2N2O2S/c18-13-7-6-11(8-14(13)19)9-15-16(22)21(17(23)24-15)10-20-12-4-2-1-3-5-12/h1-9,20H,10H2. The Hall–Kier alpha value is -1.95. The number of nitrogens with zero attached hydrogens (tertiary/aromatic N) is 1. The predicted octanol–water partition coefficient (Wildman–Crippen LogP) is 5.10. The third kappa shape index (κ3) is 3.75. The molecule has 0 bridgehead atoms. The molecule has 1 aliphatic heterocycles. The van der Waals surface area contributed by atoms with Gasteiger partial charge in [-0.3, -0.25) is 14.5 Å². The largest absolute Gasteiger partial charge is 0.367 e. The van der Waals surface area contributed by atoms with Crippen LogP contribution in [0.3, 0.4) is 0 Å². The molecule has 1 saturated heterocycles. The van der Waals surface area contributed by atoms with Crippen LogP contribution in [0.1, 0.15) is 5.56 Å². The maximum atomic E-state index is 12.4. The van der Waals surface area contributed by atoms with Crippen LogP contribution in [0.15, 0.2) is 53.4 Å². The number of carbonyl (C=O) groups excluding carboxylic acids is 2. The summed E-state index contributed by atoms with van der Waals surface area (Å²) in [6.07, 6.45) is 1.63. The summed E-state index contributed by atoms with van der Waals surface area (Å²) in [4.78, 5) is 26.0. The van der Waals surface area contributed by atoms with Gasteiger partial charge in [-0.1, -0.05) is 47.5 Å². The number of thioether (sulfide) groups is 1. The van der Waals surface area contributed by atoms with Gasteiger partial charge in [0.05, 0.1) is 21.6 Å². The first-order chi connectivity index (χ1) is 11.5. The van der Waals surface area contributed by atoms with Crippen LogP contribution < -0.4 is 5.32 Å². The molecule has 3 rings (SSSR count). The molecule has 122 valence electrons. The van der Waals surface area contributed by atoms with Crippen molar-refractivity contribution < 1.29 is 9.59 Å². The minimum absolute atomic E-state index is 0.118. The van der Waals surface area contributed by atoms with Crippen LogP contribution in [-0.2, 0) is 4.79 Å². The van der Waals surface area contributed by atoms with Gasteiger partial charge in [0, 0.05) is 5.69 Å². The molecular weight excluding hydrogens is 367 g/mol. The molecule has 2 aromatic carbocycles. The Morgan fingerprint density at radius 1 is 1.04 bits per heavy atom. The van der Waals surface area contributed by atoms with Gasteiger partial charge in [0.15, 0.2) is 0 Å². The van der Waals surface area contributed by atoms with E-state index in [4.69, 9.17) is 23.2 Å². The number of para-hydroxylation sites is 1. The summed E-state index contributed by atoms with van der Waals surface area (Å²) < 4.78 is 0. The van der Waals surface area contributed by atoms with E-state index in [2.05, 4.69) is 5.32 Å². The molecule has 1 N–H and O–H groups in total. The summed E-state index contributed by atoms with van der Waals surface area (Å²) in [6.45, 7) is 0.118. The Labute approximate surface area is 153 Å². The van der Waals surface area contributed by atoms with Crippen LogP contribution in [0.4, 0.5) is 10.5 Å². The number of halogens is 2. The van der Waals surface area contributed by atoms with Crippen molar-refractivity contribution in [3.05, 3.63) is 69.0 Å². The molecule has 4 nitrogen and oxygen atoms in total. The molecule has 1 fully saturated rings. The first-order valence-electron chi connectivity index (χ1n) is 7.04. The SMILES string of the molecule is O=C1SC(=Cc2ccc(Cl)c(Cl)c2)C(=O)N1CNc1ccccc1. The first-order valence-corrected chi connectivity index (χ1v) is 8.61. The highest BCUT2D eigenvalue weighted by molar-refractivity contribution is 8.18. The van der Waals surface area contributed by atoms with Crippen molar-refractivity contribution in [3.63, 3.8) is 0 Å². The van der Waals surface area contributed by atoms with Crippen LogP contribution in [0.5, 0.6) is 0 Å². The summed E-state index contributed by atoms with van der Waals surface area (Å²) >= 11 is 12.8. The van der Waals surface area contributed by atoms with Gasteiger partial charge in [0.1, 0.15) is 0 Å². The summed E-state index contributed by atoms with van der Waals surface area (Å²) in [5.41, 5.74) is 1.55. The fourth-order valence-electron chi connectivity index (χ4n) is 2.12. The Morgan fingerprint density at radius 2 is 1.79 bits per heavy atom. The molecule has 7 heteroatoms. The molecule has 0 saturated carbocycles. The Morgan fingerprint density at radius 3 is 2.50 bits per heavy atom. The smallest absolute Gasteiger partial charge is 0.295 e. The van der Waals surface area contributed by atoms with Crippen molar-refractivity contribution in [3.8, 4) is 0 Å². The van der Waals surface area contributed by atoms with Crippen molar-refractivity contribution in [1.82, 2.24) is 4.90 Å². The zero-order chi connectivity index (χ0) is 17.1. The van der Waals surface area contributed by atoms with Gasteiger partial charge >= 0.3 is 0 Å². The molecule has 1 heterocycles. The molecule has 24 heavy (non-hydrogen) atoms. The molecule has 1 aliphatic rings. The van der Waals surface area contributed by atoms with E-state index in [0.717, 1.165) is 17.4 Å². The zero-order valence-electron chi connectivity index (χ0n) is 12.3. The van der Waals surface area contributed by atoms with Crippen molar-refractivity contribution in [2.75, 3.05) is 12.0 Å². The fourth-order valence-corrected chi connectivity index (χ4v) is 3.26. The summed E-state index contributed by atoms with van der Waals surface area (Å²) in [7, 11) is 0. The van der Waals surface area contributed by atoms with Gasteiger partial charge in [-0.15, -0.1) is 0 Å². The number of carbonyl (C=O) groups is 2. The first kappa shape index (κ1) is 16.9. The predicted molar refractivity (Wildman–Crippen MR) is 99.2 cm³/mol. The van der Waals surface area contributed by atoms with E-state index >= 15 is 0 Å². The van der Waals surface area contributed by atoms with Crippen LogP contribution in [-0.4, -0.2) is 22.7 Å². The number of anilines is 1. The number of hydrogen-bond donors (Lipinski definition) is 1. The number of benzene rings is 2. The van der Waals surface area contributed by atoms with Gasteiger partial charge in [0.2, 0.25) is 0 Å². The minimum atomic E-state index is -0.334. The average Bonchev–Trinajstić information content (AvgIpc) is 2.84. The summed E-state index contributed by atoms with van der Waals surface area (Å²) in [6, 6.07) is 14.4. The lowest BCUT2D eigenvalue weighted by molar-refractivity contribution is -0.122. The van der Waals surface area contributed by atoms with Crippen molar-refractivity contribution in [2.24, 2.45) is 0 Å². The average molecular weight is 379 g/mol. The zero-order valence-corrected chi connectivity index (χ0v) is 14.7. The third-order valence-electron chi connectivity index (χ3n) is 3.33. The lowest BCUT2D eigenvalue weighted by atomic mass is 10.2. The molecule has 0 spiro atoms. The van der Waals surface area contributed by atoms with Crippen LogP contribution in [0.2, 0.25) is 10.0 Å². The number of nitrogens with one attached hydrogen (secondary N) is 1. The van der Waals surface area contributed by atoms with E-state index in [1.54, 1.807) is 24.3 Å². The monoisotopic (exact) mass is 378 g/mol. The maximum Gasteiger partial charge on any atom is 0.295 e. The summed E-state index contributed by atoms with van der Waals surface area (Å²) in [5.74, 6) is -0.334. The van der Waals surface area contributed by atoms with E-state index in [0.29, 0.717) is 20.5 Å². The van der Waals surface area contributed by atoms with Crippen molar-refractivity contribution in [2.45, 2.75) is 0 Å². The van der Waals surface area contributed by atoms with E-state index in [1.165, 1.54) is 4.90 Å². The molecule has 0 atom stereocenters. The van der Waals surface area contributed by atoms with Gasteiger partial charge in [0.25, 0.3) is 11.1 Å². The highest BCUT2D eigenvalue weighted by Crippen LogP contribution is 2.33. The van der Waals surface area contributed by atoms with Crippen molar-refractivity contribution in [1.29, 1.82) is 0 Å². The van der Waals surface area contributed by atoms with Crippen LogP contribution in [0.25, 0.3) is 6.08 Å². The topological polar surface area (TPSA) is 49.4 Å². The number of amides is 2. The lowest BCUT2D eigenvalue weighted by Crippen LogP contribution is -2.33. The molecule has 2 amide bonds. The second-order valence-electron chi connectivity index (χ2n) is 4.98. The van der Waals surface area contributed by atoms with E-state index in [-0.39, 0.29) is 17.8 Å². The normalized spacial score (nSPS) is 16.1. The van der Waals surface area contributed by atoms with Gasteiger partial charge in [-0.25, -0.2) is 0 Å². The number of imide groups is 1. The second kappa shape index (κ2) is 7.30. The molecule has 0 aliphatic carbocycles. The fraction of sp³-hybridized carbons (Fsp3) is 0.0588. The number of hydrogen-bond acceptors (Lipinski definition) is 4. The van der Waals surface area contributed by atoms with Crippen molar-refractivity contribution >= 4 is 57.9 Å². The summed E-state index contributed by atoms with van der Waals surface area (Å²) in [5, 5.41) is 3.58. The quantitative estimate of drug-likeness (QED) is 0.751. The van der Waals surface area contributed by atoms with Crippen LogP contribution >= 0.6 is 35.0 Å². The van der Waals surface area contributed by atoms with E-state index in [1.807, 2.05) is 30.3 Å². The molecule has 2 aromatic rings. The highest BCUT2D eigenvalue weighted by Gasteiger charge is 2.34. The maximum absolute atomic E-state index is 12.4. The molecule has 0 unspecified atom stereocenters. The number of rotatable bonds is 4. The third-order valence-corrected chi connectivity index (χ3v) is 4.98. The Balaban J connectivity index is 1.73. The molecular formula is C17H12Cl2N2O2S. The van der Waals surface area contributed by atoms with Gasteiger partial charge in [-0.2, -0.15) is 0 Å². The van der Waals surface area contributed by atoms with E-state index < -0.39 is 0 Å². The van der Waals surface area contributed by atoms with Gasteiger partial charge in [-0.05, 0) is 47.7 Å². The lowest BCUT2D eigenvalue weighted by Gasteiger charge is -2.14. The Kier molecular flexibility index (Phi) is 5.14. The van der Waals surface area contributed by atoms with Gasteiger partial charge < -0.3 is 5.32 Å².